The first kappa shape index (κ1) is 12.3. The van der Waals surface area contributed by atoms with Crippen LogP contribution in [-0.2, 0) is 0 Å². The van der Waals surface area contributed by atoms with E-state index in [2.05, 4.69) is 10.5 Å². The lowest BCUT2D eigenvalue weighted by atomic mass is 9.97. The quantitative estimate of drug-likeness (QED) is 0.490. The minimum absolute atomic E-state index is 0.126. The van der Waals surface area contributed by atoms with Gasteiger partial charge in [0, 0.05) is 5.56 Å². The highest BCUT2D eigenvalue weighted by atomic mass is 16.4. The number of likely N-dealkylation sites (N-methyl/N-ethyl adjacent to an activating group) is 1. The van der Waals surface area contributed by atoms with Crippen LogP contribution in [0.4, 0.5) is 0 Å². The Bertz CT molecular complexity index is 509. The van der Waals surface area contributed by atoms with E-state index in [0.29, 0.717) is 5.71 Å². The van der Waals surface area contributed by atoms with E-state index in [4.69, 9.17) is 0 Å². The van der Waals surface area contributed by atoms with Crippen LogP contribution < -0.4 is 5.32 Å². The first-order valence-corrected chi connectivity index (χ1v) is 5.86. The van der Waals surface area contributed by atoms with E-state index >= 15 is 0 Å². The summed E-state index contributed by atoms with van der Waals surface area (Å²) in [6, 6.07) is 19.5. The van der Waals surface area contributed by atoms with Crippen molar-refractivity contribution >= 4 is 5.71 Å². The number of nitrogens with zero attached hydrogens (tertiary/aromatic N) is 1. The molecule has 0 heterocycles. The van der Waals surface area contributed by atoms with Crippen molar-refractivity contribution in [1.82, 2.24) is 5.32 Å². The fraction of sp³-hybridized carbons (Fsp3) is 0.133. The highest BCUT2D eigenvalue weighted by molar-refractivity contribution is 6.04. The van der Waals surface area contributed by atoms with Crippen LogP contribution in [0.2, 0.25) is 0 Å². The molecule has 92 valence electrons. The van der Waals surface area contributed by atoms with Crippen molar-refractivity contribution in [2.24, 2.45) is 5.16 Å². The summed E-state index contributed by atoms with van der Waals surface area (Å²) in [6.45, 7) is 0. The van der Waals surface area contributed by atoms with Crippen LogP contribution in [0.25, 0.3) is 0 Å². The van der Waals surface area contributed by atoms with Gasteiger partial charge in [-0.15, -0.1) is 0 Å². The van der Waals surface area contributed by atoms with E-state index in [1.165, 1.54) is 0 Å². The number of oxime groups is 1. The third-order valence-corrected chi connectivity index (χ3v) is 2.87. The SMILES string of the molecule is CNC(C(=NO)c1ccccc1)c1ccccc1. The van der Waals surface area contributed by atoms with Crippen LogP contribution in [0.1, 0.15) is 17.2 Å². The molecule has 0 aliphatic rings. The van der Waals surface area contributed by atoms with Crippen LogP contribution in [0.3, 0.4) is 0 Å². The van der Waals surface area contributed by atoms with Crippen LogP contribution in [0.5, 0.6) is 0 Å². The summed E-state index contributed by atoms with van der Waals surface area (Å²) in [5.74, 6) is 0. The second kappa shape index (κ2) is 5.98. The average Bonchev–Trinajstić information content (AvgIpc) is 2.46. The maximum absolute atomic E-state index is 9.29. The summed E-state index contributed by atoms with van der Waals surface area (Å²) in [6.07, 6.45) is 0. The van der Waals surface area contributed by atoms with E-state index in [9.17, 15) is 5.21 Å². The van der Waals surface area contributed by atoms with Gasteiger partial charge in [-0.25, -0.2) is 0 Å². The number of benzene rings is 2. The van der Waals surface area contributed by atoms with Gasteiger partial charge in [-0.05, 0) is 12.6 Å². The Morgan fingerprint density at radius 3 is 2.06 bits per heavy atom. The summed E-state index contributed by atoms with van der Waals surface area (Å²) < 4.78 is 0. The molecule has 0 saturated carbocycles. The molecule has 0 saturated heterocycles. The molecule has 3 heteroatoms. The maximum atomic E-state index is 9.29. The third-order valence-electron chi connectivity index (χ3n) is 2.87. The van der Waals surface area contributed by atoms with Gasteiger partial charge in [0.25, 0.3) is 0 Å². The highest BCUT2D eigenvalue weighted by Crippen LogP contribution is 2.18. The van der Waals surface area contributed by atoms with Gasteiger partial charge in [0.05, 0.1) is 6.04 Å². The van der Waals surface area contributed by atoms with Crippen molar-refractivity contribution < 1.29 is 5.21 Å². The normalized spacial score (nSPS) is 13.3. The predicted molar refractivity (Wildman–Crippen MR) is 73.0 cm³/mol. The van der Waals surface area contributed by atoms with E-state index in [0.717, 1.165) is 11.1 Å². The molecule has 0 aliphatic carbocycles. The molecular formula is C15H16N2O. The van der Waals surface area contributed by atoms with Crippen LogP contribution in [0.15, 0.2) is 65.8 Å². The van der Waals surface area contributed by atoms with Gasteiger partial charge in [-0.1, -0.05) is 65.8 Å². The molecule has 2 N–H and O–H groups in total. The smallest absolute Gasteiger partial charge is 0.108 e. The fourth-order valence-electron chi connectivity index (χ4n) is 2.00. The molecule has 2 rings (SSSR count). The van der Waals surface area contributed by atoms with Crippen molar-refractivity contribution in [3.8, 4) is 0 Å². The Labute approximate surface area is 107 Å². The molecule has 2 aromatic carbocycles. The lowest BCUT2D eigenvalue weighted by Crippen LogP contribution is -2.26. The zero-order valence-electron chi connectivity index (χ0n) is 10.2. The summed E-state index contributed by atoms with van der Waals surface area (Å²) in [5.41, 5.74) is 2.59. The monoisotopic (exact) mass is 240 g/mol. The topological polar surface area (TPSA) is 44.6 Å². The van der Waals surface area contributed by atoms with Gasteiger partial charge in [0.15, 0.2) is 0 Å². The highest BCUT2D eigenvalue weighted by Gasteiger charge is 2.18. The summed E-state index contributed by atoms with van der Waals surface area (Å²) in [5, 5.41) is 15.9. The molecule has 0 amide bonds. The molecule has 18 heavy (non-hydrogen) atoms. The second-order valence-electron chi connectivity index (χ2n) is 3.98. The van der Waals surface area contributed by atoms with Gasteiger partial charge in [0.2, 0.25) is 0 Å². The summed E-state index contributed by atoms with van der Waals surface area (Å²) in [7, 11) is 1.85. The molecule has 2 aromatic rings. The molecule has 0 aromatic heterocycles. The summed E-state index contributed by atoms with van der Waals surface area (Å²) >= 11 is 0. The van der Waals surface area contributed by atoms with Crippen molar-refractivity contribution in [1.29, 1.82) is 0 Å². The minimum atomic E-state index is -0.126. The zero-order chi connectivity index (χ0) is 12.8. The van der Waals surface area contributed by atoms with E-state index in [-0.39, 0.29) is 6.04 Å². The van der Waals surface area contributed by atoms with Gasteiger partial charge < -0.3 is 10.5 Å². The van der Waals surface area contributed by atoms with Gasteiger partial charge >= 0.3 is 0 Å². The zero-order valence-corrected chi connectivity index (χ0v) is 10.2. The first-order chi connectivity index (χ1) is 8.86. The van der Waals surface area contributed by atoms with E-state index < -0.39 is 0 Å². The Morgan fingerprint density at radius 1 is 1.00 bits per heavy atom. The molecule has 0 spiro atoms. The summed E-state index contributed by atoms with van der Waals surface area (Å²) in [4.78, 5) is 0. The lowest BCUT2D eigenvalue weighted by Gasteiger charge is -2.18. The number of hydrogen-bond acceptors (Lipinski definition) is 3. The Balaban J connectivity index is 2.38. The number of hydrogen-bond donors (Lipinski definition) is 2. The Hall–Kier alpha value is -2.13. The molecule has 1 atom stereocenters. The second-order valence-corrected chi connectivity index (χ2v) is 3.98. The third kappa shape index (κ3) is 2.57. The van der Waals surface area contributed by atoms with E-state index in [1.54, 1.807) is 0 Å². The van der Waals surface area contributed by atoms with Crippen LogP contribution >= 0.6 is 0 Å². The van der Waals surface area contributed by atoms with Gasteiger partial charge in [-0.3, -0.25) is 0 Å². The largest absolute Gasteiger partial charge is 0.411 e. The molecule has 0 aliphatic heterocycles. The molecular weight excluding hydrogens is 224 g/mol. The van der Waals surface area contributed by atoms with Crippen molar-refractivity contribution in [2.75, 3.05) is 7.05 Å². The van der Waals surface area contributed by atoms with Crippen molar-refractivity contribution in [2.45, 2.75) is 6.04 Å². The lowest BCUT2D eigenvalue weighted by molar-refractivity contribution is 0.316. The van der Waals surface area contributed by atoms with E-state index in [1.807, 2.05) is 67.7 Å². The van der Waals surface area contributed by atoms with Gasteiger partial charge in [0.1, 0.15) is 5.71 Å². The minimum Gasteiger partial charge on any atom is -0.411 e. The molecule has 0 fully saturated rings. The van der Waals surface area contributed by atoms with Gasteiger partial charge in [-0.2, -0.15) is 0 Å². The van der Waals surface area contributed by atoms with Crippen molar-refractivity contribution in [3.05, 3.63) is 71.8 Å². The average molecular weight is 240 g/mol. The first-order valence-electron chi connectivity index (χ1n) is 5.86. The van der Waals surface area contributed by atoms with Crippen molar-refractivity contribution in [3.63, 3.8) is 0 Å². The van der Waals surface area contributed by atoms with Crippen LogP contribution in [-0.4, -0.2) is 18.0 Å². The molecule has 0 radical (unpaired) electrons. The molecule has 3 nitrogen and oxygen atoms in total. The Kier molecular flexibility index (Phi) is 4.10. The standard InChI is InChI=1S/C15H16N2O/c1-16-14(12-8-4-2-5-9-12)15(17-18)13-10-6-3-7-11-13/h2-11,14,16,18H,1H3. The molecule has 1 unspecified atom stereocenters. The number of nitrogens with one attached hydrogen (secondary N) is 1. The fourth-order valence-corrected chi connectivity index (χ4v) is 2.00. The van der Waals surface area contributed by atoms with Crippen LogP contribution in [0, 0.1) is 0 Å². The molecule has 0 bridgehead atoms. The predicted octanol–water partition coefficient (Wildman–Crippen LogP) is 2.83. The number of rotatable bonds is 4. The maximum Gasteiger partial charge on any atom is 0.108 e. The Morgan fingerprint density at radius 2 is 1.56 bits per heavy atom.